The molecule has 186 valence electrons. The highest BCUT2D eigenvalue weighted by atomic mass is 35.5. The zero-order valence-electron chi connectivity index (χ0n) is 18.3. The molecule has 1 aromatic heterocycles. The van der Waals surface area contributed by atoms with E-state index in [0.29, 0.717) is 41.0 Å². The van der Waals surface area contributed by atoms with Gasteiger partial charge in [-0.15, -0.1) is 0 Å². The number of nitrogens with zero attached hydrogens (tertiary/aromatic N) is 3. The van der Waals surface area contributed by atoms with Crippen molar-refractivity contribution in [3.05, 3.63) is 69.2 Å². The molecule has 2 aromatic carbocycles. The van der Waals surface area contributed by atoms with Crippen LogP contribution in [-0.2, 0) is 12.7 Å². The summed E-state index contributed by atoms with van der Waals surface area (Å²) in [4.78, 5) is 14.1. The topological polar surface area (TPSA) is 90.6 Å². The second-order valence-electron chi connectivity index (χ2n) is 7.88. The van der Waals surface area contributed by atoms with Gasteiger partial charge in [0.2, 0.25) is 0 Å². The largest absolute Gasteiger partial charge is 0.416 e. The average molecular weight is 527 g/mol. The number of aliphatic hydroxyl groups excluding tert-OH is 2. The van der Waals surface area contributed by atoms with E-state index in [1.165, 1.54) is 21.7 Å². The van der Waals surface area contributed by atoms with Crippen molar-refractivity contribution in [3.63, 3.8) is 0 Å². The van der Waals surface area contributed by atoms with Crippen LogP contribution in [-0.4, -0.2) is 62.6 Å². The maximum atomic E-state index is 13.4. The van der Waals surface area contributed by atoms with Gasteiger partial charge in [-0.1, -0.05) is 23.7 Å². The van der Waals surface area contributed by atoms with Gasteiger partial charge in [0.15, 0.2) is 6.23 Å². The van der Waals surface area contributed by atoms with E-state index in [-0.39, 0.29) is 29.0 Å². The third kappa shape index (κ3) is 5.81. The predicted molar refractivity (Wildman–Crippen MR) is 129 cm³/mol. The molecule has 1 aliphatic rings. The fourth-order valence-electron chi connectivity index (χ4n) is 3.78. The highest BCUT2D eigenvalue weighted by molar-refractivity contribution is 8.17. The average Bonchev–Trinajstić information content (AvgIpc) is 3.32. The van der Waals surface area contributed by atoms with E-state index in [4.69, 9.17) is 16.7 Å². The van der Waals surface area contributed by atoms with E-state index in [0.717, 1.165) is 17.8 Å². The molecule has 1 atom stereocenters. The van der Waals surface area contributed by atoms with Gasteiger partial charge in [0, 0.05) is 34.9 Å². The fraction of sp³-hybridized carbons (Fsp3) is 0.304. The molecular formula is C23H22ClF3N4O3S. The van der Waals surface area contributed by atoms with E-state index in [1.54, 1.807) is 30.5 Å². The molecule has 12 heteroatoms. The van der Waals surface area contributed by atoms with Crippen LogP contribution in [0.25, 0.3) is 17.0 Å². The van der Waals surface area contributed by atoms with Crippen LogP contribution in [0, 0.1) is 0 Å². The number of benzene rings is 2. The molecule has 0 radical (unpaired) electrons. The lowest BCUT2D eigenvalue weighted by Crippen LogP contribution is -2.38. The summed E-state index contributed by atoms with van der Waals surface area (Å²) in [5.41, 5.74) is 0.607. The van der Waals surface area contributed by atoms with Crippen molar-refractivity contribution in [2.24, 2.45) is 0 Å². The molecule has 1 fully saturated rings. The molecule has 1 amide bonds. The van der Waals surface area contributed by atoms with E-state index in [2.05, 4.69) is 10.4 Å². The number of carbonyl (C=O) groups is 1. The minimum absolute atomic E-state index is 0.00881. The first-order valence-corrected chi connectivity index (χ1v) is 11.9. The van der Waals surface area contributed by atoms with E-state index < -0.39 is 18.0 Å². The number of amides is 1. The lowest BCUT2D eigenvalue weighted by atomic mass is 10.1. The number of fused-ring (bicyclic) bond motifs is 1. The Kier molecular flexibility index (Phi) is 7.72. The Labute approximate surface area is 208 Å². The molecule has 1 aliphatic heterocycles. The van der Waals surface area contributed by atoms with Gasteiger partial charge in [0.05, 0.1) is 30.4 Å². The van der Waals surface area contributed by atoms with Crippen LogP contribution in [0.4, 0.5) is 18.0 Å². The number of aliphatic hydroxyl groups is 2. The van der Waals surface area contributed by atoms with Crippen LogP contribution >= 0.6 is 23.4 Å². The lowest BCUT2D eigenvalue weighted by molar-refractivity contribution is -0.138. The molecule has 3 aromatic rings. The molecule has 0 bridgehead atoms. The molecule has 4 rings (SSSR count). The maximum Gasteiger partial charge on any atom is 0.416 e. The SMILES string of the molecule is O=C1S/C(=C\c2ccc3c(cnn3Cc3ccc(Cl)cc3C(F)(F)F)c2)C(O)N1CCNCCO. The van der Waals surface area contributed by atoms with Gasteiger partial charge < -0.3 is 20.4 Å². The van der Waals surface area contributed by atoms with Crippen molar-refractivity contribution in [3.8, 4) is 0 Å². The number of rotatable bonds is 8. The highest BCUT2D eigenvalue weighted by Gasteiger charge is 2.35. The Morgan fingerprint density at radius 3 is 2.74 bits per heavy atom. The van der Waals surface area contributed by atoms with E-state index >= 15 is 0 Å². The van der Waals surface area contributed by atoms with Gasteiger partial charge in [-0.3, -0.25) is 9.48 Å². The minimum atomic E-state index is -4.54. The second-order valence-corrected chi connectivity index (χ2v) is 9.34. The van der Waals surface area contributed by atoms with Gasteiger partial charge >= 0.3 is 6.18 Å². The van der Waals surface area contributed by atoms with E-state index in [9.17, 15) is 23.1 Å². The summed E-state index contributed by atoms with van der Waals surface area (Å²) in [5.74, 6) is 0. The number of thioether (sulfide) groups is 1. The quantitative estimate of drug-likeness (QED) is 0.382. The van der Waals surface area contributed by atoms with E-state index in [1.807, 2.05) is 0 Å². The van der Waals surface area contributed by atoms with Crippen molar-refractivity contribution in [2.75, 3.05) is 26.2 Å². The van der Waals surface area contributed by atoms with Crippen LogP contribution in [0.2, 0.25) is 5.02 Å². The lowest BCUT2D eigenvalue weighted by Gasteiger charge is -2.19. The maximum absolute atomic E-state index is 13.4. The second kappa shape index (κ2) is 10.6. The number of halogens is 4. The molecule has 7 nitrogen and oxygen atoms in total. The first kappa shape index (κ1) is 25.5. The minimum Gasteiger partial charge on any atom is -0.395 e. The predicted octanol–water partition coefficient (Wildman–Crippen LogP) is 4.17. The third-order valence-corrected chi connectivity index (χ3v) is 6.69. The Morgan fingerprint density at radius 1 is 1.20 bits per heavy atom. The summed E-state index contributed by atoms with van der Waals surface area (Å²) in [6.45, 7) is 1.03. The number of alkyl halides is 3. The molecule has 3 N–H and O–H groups in total. The van der Waals surface area contributed by atoms with Gasteiger partial charge in [-0.2, -0.15) is 18.3 Å². The summed E-state index contributed by atoms with van der Waals surface area (Å²) < 4.78 is 41.8. The normalized spacial score (nSPS) is 17.8. The Bertz CT molecular complexity index is 1260. The summed E-state index contributed by atoms with van der Waals surface area (Å²) in [6, 6.07) is 8.95. The molecule has 35 heavy (non-hydrogen) atoms. The van der Waals surface area contributed by atoms with Gasteiger partial charge in [0.1, 0.15) is 0 Å². The number of hydrogen-bond acceptors (Lipinski definition) is 6. The van der Waals surface area contributed by atoms with Crippen molar-refractivity contribution in [2.45, 2.75) is 18.9 Å². The zero-order valence-corrected chi connectivity index (χ0v) is 19.9. The number of aromatic nitrogens is 2. The zero-order chi connectivity index (χ0) is 25.2. The molecule has 1 saturated heterocycles. The number of hydrogen-bond donors (Lipinski definition) is 3. The van der Waals surface area contributed by atoms with Crippen molar-refractivity contribution < 1.29 is 28.2 Å². The standard InChI is InChI=1S/C23H22ClF3N4O3S/c24-17-3-2-15(18(11-17)23(25,26)27)13-31-19-4-1-14(9-16(19)12-29-31)10-20-21(33)30(22(34)35-20)7-5-28-6-8-32/h1-4,9-12,21,28,32-33H,5-8,13H2/b20-10-. The van der Waals surface area contributed by atoms with Crippen LogP contribution in [0.15, 0.2) is 47.5 Å². The van der Waals surface area contributed by atoms with Crippen molar-refractivity contribution in [1.82, 2.24) is 20.0 Å². The van der Waals surface area contributed by atoms with Crippen LogP contribution in [0.3, 0.4) is 0 Å². The molecule has 0 saturated carbocycles. The van der Waals surface area contributed by atoms with Crippen LogP contribution < -0.4 is 5.32 Å². The van der Waals surface area contributed by atoms with Crippen molar-refractivity contribution >= 4 is 45.6 Å². The first-order valence-electron chi connectivity index (χ1n) is 10.7. The smallest absolute Gasteiger partial charge is 0.395 e. The third-order valence-electron chi connectivity index (χ3n) is 5.48. The van der Waals surface area contributed by atoms with Gasteiger partial charge in [0.25, 0.3) is 5.24 Å². The van der Waals surface area contributed by atoms with Crippen LogP contribution in [0.5, 0.6) is 0 Å². The molecule has 0 aliphatic carbocycles. The number of nitrogens with one attached hydrogen (secondary N) is 1. The molecule has 1 unspecified atom stereocenters. The van der Waals surface area contributed by atoms with Gasteiger partial charge in [-0.05, 0) is 53.2 Å². The highest BCUT2D eigenvalue weighted by Crippen LogP contribution is 2.36. The summed E-state index contributed by atoms with van der Waals surface area (Å²) in [7, 11) is 0. The fourth-order valence-corrected chi connectivity index (χ4v) is 4.89. The Balaban J connectivity index is 1.53. The molecular weight excluding hydrogens is 505 g/mol. The Hall–Kier alpha value is -2.57. The summed E-state index contributed by atoms with van der Waals surface area (Å²) in [5, 5.41) is 27.0. The summed E-state index contributed by atoms with van der Waals surface area (Å²) >= 11 is 6.71. The number of carbonyl (C=O) groups excluding carboxylic acids is 1. The van der Waals surface area contributed by atoms with Crippen molar-refractivity contribution in [1.29, 1.82) is 0 Å². The monoisotopic (exact) mass is 526 g/mol. The molecule has 2 heterocycles. The summed E-state index contributed by atoms with van der Waals surface area (Å²) in [6.07, 6.45) is -2.36. The van der Waals surface area contributed by atoms with Gasteiger partial charge in [-0.25, -0.2) is 0 Å². The Morgan fingerprint density at radius 2 is 2.00 bits per heavy atom. The molecule has 0 spiro atoms. The first-order chi connectivity index (χ1) is 16.7. The van der Waals surface area contributed by atoms with Crippen LogP contribution in [0.1, 0.15) is 16.7 Å².